The first-order valence-electron chi connectivity index (χ1n) is 10.1. The van der Waals surface area contributed by atoms with Gasteiger partial charge in [-0.1, -0.05) is 24.6 Å². The maximum atomic E-state index is 12.2. The van der Waals surface area contributed by atoms with Crippen LogP contribution in [0, 0.1) is 6.92 Å². The number of nitrogens with two attached hydrogens (primary N) is 1. The molecule has 1 aliphatic carbocycles. The lowest BCUT2D eigenvalue weighted by atomic mass is 9.95. The van der Waals surface area contributed by atoms with Crippen LogP contribution >= 0.6 is 0 Å². The number of carbonyl (C=O) groups is 1. The van der Waals surface area contributed by atoms with Gasteiger partial charge in [0, 0.05) is 11.3 Å². The van der Waals surface area contributed by atoms with Gasteiger partial charge in [-0.3, -0.25) is 4.79 Å². The van der Waals surface area contributed by atoms with Crippen molar-refractivity contribution in [1.82, 2.24) is 0 Å². The van der Waals surface area contributed by atoms with Crippen molar-refractivity contribution >= 4 is 11.6 Å². The number of aryl methyl sites for hydroxylation is 1. The molecule has 1 aliphatic rings. The molecule has 28 heavy (non-hydrogen) atoms. The number of nitrogens with one attached hydrogen (secondary N) is 1. The lowest BCUT2D eigenvalue weighted by Gasteiger charge is -2.20. The van der Waals surface area contributed by atoms with Gasteiger partial charge in [0.25, 0.3) is 5.91 Å². The highest BCUT2D eigenvalue weighted by atomic mass is 16.5. The zero-order valence-corrected chi connectivity index (χ0v) is 16.9. The molecule has 0 heterocycles. The summed E-state index contributed by atoms with van der Waals surface area (Å²) in [5, 5.41) is 5.31. The first kappa shape index (κ1) is 20.2. The second-order valence-corrected chi connectivity index (χ2v) is 7.47. The number of rotatable bonds is 8. The van der Waals surface area contributed by atoms with Crippen LogP contribution in [0.3, 0.4) is 0 Å². The molecule has 150 valence electrons. The number of para-hydroxylation sites is 1. The minimum atomic E-state index is -0.189. The van der Waals surface area contributed by atoms with E-state index < -0.39 is 0 Å². The van der Waals surface area contributed by atoms with Crippen LogP contribution in [0.1, 0.15) is 43.2 Å². The molecular weight excluding hydrogens is 352 g/mol. The first-order chi connectivity index (χ1) is 13.7. The molecule has 2 aromatic carbocycles. The fourth-order valence-corrected chi connectivity index (χ4v) is 3.67. The largest absolute Gasteiger partial charge is 0.493 e. The average Bonchev–Trinajstić information content (AvgIpc) is 2.73. The van der Waals surface area contributed by atoms with Crippen molar-refractivity contribution in [2.45, 2.75) is 51.6 Å². The van der Waals surface area contributed by atoms with Crippen molar-refractivity contribution in [3.05, 3.63) is 53.6 Å². The summed E-state index contributed by atoms with van der Waals surface area (Å²) in [5.74, 6) is 1.06. The zero-order chi connectivity index (χ0) is 19.8. The van der Waals surface area contributed by atoms with Gasteiger partial charge in [0.05, 0.1) is 13.2 Å². The number of carbonyl (C=O) groups excluding carboxylic acids is 1. The molecule has 0 aromatic heterocycles. The summed E-state index contributed by atoms with van der Waals surface area (Å²) in [5.41, 5.74) is 3.03. The van der Waals surface area contributed by atoms with Gasteiger partial charge in [-0.25, -0.2) is 0 Å². The highest BCUT2D eigenvalue weighted by Crippen LogP contribution is 2.28. The fraction of sp³-hybridized carbons (Fsp3) is 0.435. The Morgan fingerprint density at radius 2 is 1.89 bits per heavy atom. The molecule has 0 bridgehead atoms. The van der Waals surface area contributed by atoms with Gasteiger partial charge in [0.2, 0.25) is 0 Å². The first-order valence-corrected chi connectivity index (χ1v) is 10.1. The van der Waals surface area contributed by atoms with Crippen LogP contribution in [0.2, 0.25) is 0 Å². The van der Waals surface area contributed by atoms with E-state index in [-0.39, 0.29) is 12.5 Å². The Morgan fingerprint density at radius 1 is 1.11 bits per heavy atom. The number of amides is 1. The van der Waals surface area contributed by atoms with E-state index in [1.165, 1.54) is 37.7 Å². The third kappa shape index (κ3) is 5.73. The lowest BCUT2D eigenvalue weighted by Crippen LogP contribution is -2.88. The van der Waals surface area contributed by atoms with Crippen LogP contribution in [-0.2, 0) is 11.3 Å². The predicted molar refractivity (Wildman–Crippen MR) is 111 cm³/mol. The van der Waals surface area contributed by atoms with E-state index in [1.54, 1.807) is 7.11 Å². The molecule has 3 rings (SSSR count). The molecule has 1 amide bonds. The summed E-state index contributed by atoms with van der Waals surface area (Å²) in [6, 6.07) is 14.4. The Hall–Kier alpha value is -2.53. The summed E-state index contributed by atoms with van der Waals surface area (Å²) in [4.78, 5) is 12.2. The summed E-state index contributed by atoms with van der Waals surface area (Å²) in [6.07, 6.45) is 6.70. The van der Waals surface area contributed by atoms with Gasteiger partial charge < -0.3 is 20.1 Å². The smallest absolute Gasteiger partial charge is 0.262 e. The maximum absolute atomic E-state index is 12.2. The molecule has 1 fully saturated rings. The molecule has 0 radical (unpaired) electrons. The molecule has 0 atom stereocenters. The highest BCUT2D eigenvalue weighted by Gasteiger charge is 2.16. The van der Waals surface area contributed by atoms with Crippen LogP contribution in [0.4, 0.5) is 5.69 Å². The topological polar surface area (TPSA) is 64.2 Å². The van der Waals surface area contributed by atoms with Crippen molar-refractivity contribution in [3.63, 3.8) is 0 Å². The monoisotopic (exact) mass is 383 g/mol. The van der Waals surface area contributed by atoms with E-state index in [9.17, 15) is 4.79 Å². The standard InChI is InChI=1S/C23H30N2O3/c1-17-8-6-7-11-20(17)25-23(26)16-28-21-13-12-18(14-22(21)27-2)15-24-19-9-4-3-5-10-19/h6-8,11-14,19,24H,3-5,9-10,15-16H2,1-2H3,(H,25,26)/p+1. The molecule has 1 saturated carbocycles. The van der Waals surface area contributed by atoms with E-state index in [2.05, 4.69) is 16.7 Å². The van der Waals surface area contributed by atoms with Crippen molar-refractivity contribution < 1.29 is 19.6 Å². The Balaban J connectivity index is 1.53. The summed E-state index contributed by atoms with van der Waals surface area (Å²) in [7, 11) is 1.63. The number of methoxy groups -OCH3 is 1. The minimum absolute atomic E-state index is 0.0573. The molecular formula is C23H31N2O3+. The molecule has 5 heteroatoms. The molecule has 0 spiro atoms. The predicted octanol–water partition coefficient (Wildman–Crippen LogP) is 3.42. The molecule has 0 saturated heterocycles. The average molecular weight is 384 g/mol. The SMILES string of the molecule is COc1cc(C[NH2+]C2CCCCC2)ccc1OCC(=O)Nc1ccccc1C. The Bertz CT molecular complexity index is 785. The van der Waals surface area contributed by atoms with E-state index in [0.29, 0.717) is 11.5 Å². The number of hydrogen-bond acceptors (Lipinski definition) is 3. The lowest BCUT2D eigenvalue weighted by molar-refractivity contribution is -0.706. The van der Waals surface area contributed by atoms with Gasteiger partial charge in [0.1, 0.15) is 6.54 Å². The van der Waals surface area contributed by atoms with Crippen molar-refractivity contribution in [2.24, 2.45) is 0 Å². The Labute approximate surface area is 167 Å². The number of hydrogen-bond donors (Lipinski definition) is 2. The summed E-state index contributed by atoms with van der Waals surface area (Å²) >= 11 is 0. The number of ether oxygens (including phenoxy) is 2. The van der Waals surface area contributed by atoms with Gasteiger partial charge >= 0.3 is 0 Å². The van der Waals surface area contributed by atoms with Gasteiger partial charge in [0.15, 0.2) is 18.1 Å². The summed E-state index contributed by atoms with van der Waals surface area (Å²) in [6.45, 7) is 2.84. The Kier molecular flexibility index (Phi) is 7.31. The van der Waals surface area contributed by atoms with E-state index in [0.717, 1.165) is 23.8 Å². The van der Waals surface area contributed by atoms with Crippen LogP contribution in [-0.4, -0.2) is 25.7 Å². The van der Waals surface area contributed by atoms with Crippen LogP contribution in [0.5, 0.6) is 11.5 Å². The molecule has 2 aromatic rings. The van der Waals surface area contributed by atoms with Crippen LogP contribution < -0.4 is 20.1 Å². The quantitative estimate of drug-likeness (QED) is 0.734. The molecule has 0 aliphatic heterocycles. The van der Waals surface area contributed by atoms with E-state index >= 15 is 0 Å². The summed E-state index contributed by atoms with van der Waals surface area (Å²) < 4.78 is 11.2. The van der Waals surface area contributed by atoms with Gasteiger partial charge in [-0.15, -0.1) is 0 Å². The molecule has 5 nitrogen and oxygen atoms in total. The zero-order valence-electron chi connectivity index (χ0n) is 16.9. The number of anilines is 1. The van der Waals surface area contributed by atoms with Crippen LogP contribution in [0.25, 0.3) is 0 Å². The molecule has 3 N–H and O–H groups in total. The number of quaternary nitrogens is 1. The minimum Gasteiger partial charge on any atom is -0.493 e. The van der Waals surface area contributed by atoms with Crippen molar-refractivity contribution in [2.75, 3.05) is 19.0 Å². The van der Waals surface area contributed by atoms with Gasteiger partial charge in [-0.2, -0.15) is 0 Å². The van der Waals surface area contributed by atoms with Gasteiger partial charge in [-0.05, 0) is 62.4 Å². The molecule has 0 unspecified atom stereocenters. The number of benzene rings is 2. The highest BCUT2D eigenvalue weighted by molar-refractivity contribution is 5.92. The third-order valence-electron chi connectivity index (χ3n) is 5.34. The van der Waals surface area contributed by atoms with E-state index in [1.807, 2.05) is 43.3 Å². The van der Waals surface area contributed by atoms with E-state index in [4.69, 9.17) is 9.47 Å². The maximum Gasteiger partial charge on any atom is 0.262 e. The Morgan fingerprint density at radius 3 is 2.64 bits per heavy atom. The normalized spacial score (nSPS) is 14.5. The van der Waals surface area contributed by atoms with Crippen molar-refractivity contribution in [3.8, 4) is 11.5 Å². The fourth-order valence-electron chi connectivity index (χ4n) is 3.67. The third-order valence-corrected chi connectivity index (χ3v) is 5.34. The van der Waals surface area contributed by atoms with Crippen molar-refractivity contribution in [1.29, 1.82) is 0 Å². The second kappa shape index (κ2) is 10.1. The van der Waals surface area contributed by atoms with Crippen LogP contribution in [0.15, 0.2) is 42.5 Å². The second-order valence-electron chi connectivity index (χ2n) is 7.47.